The quantitative estimate of drug-likeness (QED) is 0.885. The molecule has 0 radical (unpaired) electrons. The molecule has 2 aliphatic rings. The number of carbonyl (C=O) groups excluding carboxylic acids is 1. The molecule has 0 bridgehead atoms. The van der Waals surface area contributed by atoms with Gasteiger partial charge >= 0.3 is 0 Å². The van der Waals surface area contributed by atoms with E-state index in [2.05, 4.69) is 4.57 Å². The standard InChI is InChI=1S/C14H21N3O/c15-10-12-6-2-9-17(12)14(18)13-7-3-8-16(13)11-4-1-5-11/h3,7-8,11-12H,1-2,4-6,9-10,15H2. The lowest BCUT2D eigenvalue weighted by molar-refractivity contribution is 0.0724. The van der Waals surface area contributed by atoms with Crippen molar-refractivity contribution in [3.63, 3.8) is 0 Å². The van der Waals surface area contributed by atoms with E-state index in [0.717, 1.165) is 25.1 Å². The first-order chi connectivity index (χ1) is 8.81. The Morgan fingerprint density at radius 2 is 2.17 bits per heavy atom. The van der Waals surface area contributed by atoms with Crippen molar-refractivity contribution in [1.29, 1.82) is 0 Å². The lowest BCUT2D eigenvalue weighted by Gasteiger charge is -2.30. The van der Waals surface area contributed by atoms with Crippen LogP contribution in [-0.2, 0) is 0 Å². The highest BCUT2D eigenvalue weighted by molar-refractivity contribution is 5.93. The molecule has 4 heteroatoms. The van der Waals surface area contributed by atoms with E-state index in [9.17, 15) is 4.79 Å². The van der Waals surface area contributed by atoms with Crippen LogP contribution in [0.25, 0.3) is 0 Å². The van der Waals surface area contributed by atoms with E-state index in [1.807, 2.05) is 23.2 Å². The molecule has 4 nitrogen and oxygen atoms in total. The second kappa shape index (κ2) is 4.76. The molecule has 1 aromatic heterocycles. The van der Waals surface area contributed by atoms with Crippen LogP contribution >= 0.6 is 0 Å². The van der Waals surface area contributed by atoms with Gasteiger partial charge in [0.05, 0.1) is 0 Å². The summed E-state index contributed by atoms with van der Waals surface area (Å²) >= 11 is 0. The van der Waals surface area contributed by atoms with Crippen molar-refractivity contribution in [2.45, 2.75) is 44.2 Å². The van der Waals surface area contributed by atoms with Gasteiger partial charge in [-0.15, -0.1) is 0 Å². The molecule has 2 fully saturated rings. The van der Waals surface area contributed by atoms with Crippen LogP contribution in [0.4, 0.5) is 0 Å². The maximum atomic E-state index is 12.6. The Hall–Kier alpha value is -1.29. The summed E-state index contributed by atoms with van der Waals surface area (Å²) in [5.41, 5.74) is 6.60. The first kappa shape index (κ1) is 11.8. The Labute approximate surface area is 108 Å². The van der Waals surface area contributed by atoms with E-state index in [1.54, 1.807) is 0 Å². The number of hydrogen-bond acceptors (Lipinski definition) is 2. The number of nitrogens with two attached hydrogens (primary N) is 1. The molecule has 1 saturated carbocycles. The topological polar surface area (TPSA) is 51.3 Å². The van der Waals surface area contributed by atoms with Crippen molar-refractivity contribution in [2.24, 2.45) is 5.73 Å². The van der Waals surface area contributed by atoms with Crippen LogP contribution in [0, 0.1) is 0 Å². The smallest absolute Gasteiger partial charge is 0.270 e. The predicted molar refractivity (Wildman–Crippen MR) is 70.4 cm³/mol. The minimum absolute atomic E-state index is 0.167. The fourth-order valence-electron chi connectivity index (χ4n) is 3.05. The third-order valence-corrected chi connectivity index (χ3v) is 4.38. The number of aromatic nitrogens is 1. The summed E-state index contributed by atoms with van der Waals surface area (Å²) < 4.78 is 2.16. The van der Waals surface area contributed by atoms with E-state index in [0.29, 0.717) is 12.6 Å². The maximum Gasteiger partial charge on any atom is 0.270 e. The average Bonchev–Trinajstić information content (AvgIpc) is 2.93. The van der Waals surface area contributed by atoms with Gasteiger partial charge in [0.15, 0.2) is 0 Å². The predicted octanol–water partition coefficient (Wildman–Crippen LogP) is 1.78. The SMILES string of the molecule is NCC1CCCN1C(=O)c1cccn1C1CCC1. The highest BCUT2D eigenvalue weighted by atomic mass is 16.2. The second-order valence-electron chi connectivity index (χ2n) is 5.42. The van der Waals surface area contributed by atoms with Crippen LogP contribution in [0.1, 0.15) is 48.6 Å². The molecule has 1 aromatic rings. The van der Waals surface area contributed by atoms with Crippen LogP contribution in [-0.4, -0.2) is 34.5 Å². The zero-order valence-corrected chi connectivity index (χ0v) is 10.7. The molecule has 0 spiro atoms. The van der Waals surface area contributed by atoms with Crippen LogP contribution in [0.5, 0.6) is 0 Å². The molecule has 2 heterocycles. The Balaban J connectivity index is 1.81. The van der Waals surface area contributed by atoms with Gasteiger partial charge in [-0.25, -0.2) is 0 Å². The second-order valence-corrected chi connectivity index (χ2v) is 5.42. The van der Waals surface area contributed by atoms with Gasteiger partial charge in [-0.3, -0.25) is 4.79 Å². The summed E-state index contributed by atoms with van der Waals surface area (Å²) in [7, 11) is 0. The number of rotatable bonds is 3. The molecule has 1 saturated heterocycles. The average molecular weight is 247 g/mol. The normalized spacial score (nSPS) is 24.3. The molecular weight excluding hydrogens is 226 g/mol. The van der Waals surface area contributed by atoms with Crippen molar-refractivity contribution in [2.75, 3.05) is 13.1 Å². The molecule has 2 N–H and O–H groups in total. The summed E-state index contributed by atoms with van der Waals surface area (Å²) in [6, 6.07) is 4.71. The summed E-state index contributed by atoms with van der Waals surface area (Å²) in [5.74, 6) is 0.167. The van der Waals surface area contributed by atoms with Gasteiger partial charge in [0.1, 0.15) is 5.69 Å². The highest BCUT2D eigenvalue weighted by Gasteiger charge is 2.31. The van der Waals surface area contributed by atoms with Crippen molar-refractivity contribution < 1.29 is 4.79 Å². The molecule has 1 atom stereocenters. The number of carbonyl (C=O) groups is 1. The number of nitrogens with zero attached hydrogens (tertiary/aromatic N) is 2. The lowest BCUT2D eigenvalue weighted by atomic mass is 9.93. The van der Waals surface area contributed by atoms with Gasteiger partial charge < -0.3 is 15.2 Å². The van der Waals surface area contributed by atoms with E-state index in [4.69, 9.17) is 5.73 Å². The summed E-state index contributed by atoms with van der Waals surface area (Å²) in [6.07, 6.45) is 7.87. The van der Waals surface area contributed by atoms with E-state index in [1.165, 1.54) is 19.3 Å². The summed E-state index contributed by atoms with van der Waals surface area (Å²) in [6.45, 7) is 1.44. The van der Waals surface area contributed by atoms with Crippen LogP contribution in [0.2, 0.25) is 0 Å². The zero-order valence-electron chi connectivity index (χ0n) is 10.7. The third kappa shape index (κ3) is 1.85. The Kier molecular flexibility index (Phi) is 3.12. The van der Waals surface area contributed by atoms with Crippen molar-refractivity contribution in [1.82, 2.24) is 9.47 Å². The highest BCUT2D eigenvalue weighted by Crippen LogP contribution is 2.33. The molecule has 18 heavy (non-hydrogen) atoms. The number of likely N-dealkylation sites (tertiary alicyclic amines) is 1. The summed E-state index contributed by atoms with van der Waals surface area (Å²) in [4.78, 5) is 14.6. The van der Waals surface area contributed by atoms with E-state index < -0.39 is 0 Å². The number of hydrogen-bond donors (Lipinski definition) is 1. The fourth-order valence-corrected chi connectivity index (χ4v) is 3.05. The van der Waals surface area contributed by atoms with Gasteiger partial charge in [0.25, 0.3) is 5.91 Å². The van der Waals surface area contributed by atoms with E-state index >= 15 is 0 Å². The van der Waals surface area contributed by atoms with Crippen LogP contribution in [0.3, 0.4) is 0 Å². The minimum atomic E-state index is 0.167. The van der Waals surface area contributed by atoms with Gasteiger partial charge in [-0.1, -0.05) is 0 Å². The Morgan fingerprint density at radius 1 is 1.33 bits per heavy atom. The van der Waals surface area contributed by atoms with E-state index in [-0.39, 0.29) is 11.9 Å². The van der Waals surface area contributed by atoms with Crippen molar-refractivity contribution in [3.8, 4) is 0 Å². The minimum Gasteiger partial charge on any atom is -0.340 e. The van der Waals surface area contributed by atoms with Crippen molar-refractivity contribution >= 4 is 5.91 Å². The van der Waals surface area contributed by atoms with Gasteiger partial charge in [0, 0.05) is 31.4 Å². The van der Waals surface area contributed by atoms with Gasteiger partial charge in [0.2, 0.25) is 0 Å². The molecule has 3 rings (SSSR count). The first-order valence-electron chi connectivity index (χ1n) is 6.99. The van der Waals surface area contributed by atoms with Crippen LogP contribution in [0.15, 0.2) is 18.3 Å². The fraction of sp³-hybridized carbons (Fsp3) is 0.643. The largest absolute Gasteiger partial charge is 0.340 e. The molecule has 1 aliphatic carbocycles. The Bertz CT molecular complexity index is 436. The zero-order chi connectivity index (χ0) is 12.5. The molecule has 0 aromatic carbocycles. The molecular formula is C14H21N3O. The monoisotopic (exact) mass is 247 g/mol. The Morgan fingerprint density at radius 3 is 2.83 bits per heavy atom. The molecule has 1 unspecified atom stereocenters. The molecule has 1 amide bonds. The summed E-state index contributed by atoms with van der Waals surface area (Å²) in [5, 5.41) is 0. The molecule has 98 valence electrons. The van der Waals surface area contributed by atoms with Gasteiger partial charge in [-0.2, -0.15) is 0 Å². The molecule has 1 aliphatic heterocycles. The van der Waals surface area contributed by atoms with Gasteiger partial charge in [-0.05, 0) is 44.2 Å². The maximum absolute atomic E-state index is 12.6. The van der Waals surface area contributed by atoms with Crippen LogP contribution < -0.4 is 5.73 Å². The van der Waals surface area contributed by atoms with Crippen molar-refractivity contribution in [3.05, 3.63) is 24.0 Å². The lowest BCUT2D eigenvalue weighted by Crippen LogP contribution is -2.41. The third-order valence-electron chi connectivity index (χ3n) is 4.38. The first-order valence-corrected chi connectivity index (χ1v) is 6.99. The number of amides is 1.